The lowest BCUT2D eigenvalue weighted by atomic mass is 10.3. The van der Waals surface area contributed by atoms with Gasteiger partial charge in [-0.25, -0.2) is 24.7 Å². The highest BCUT2D eigenvalue weighted by atomic mass is 16.4. The lowest BCUT2D eigenvalue weighted by Crippen LogP contribution is -2.39. The summed E-state index contributed by atoms with van der Waals surface area (Å²) in [6, 6.07) is 5.41. The van der Waals surface area contributed by atoms with E-state index in [2.05, 4.69) is 78.4 Å². The maximum absolute atomic E-state index is 13.5. The van der Waals surface area contributed by atoms with E-state index in [0.717, 1.165) is 17.2 Å². The zero-order valence-corrected chi connectivity index (χ0v) is 54.9. The van der Waals surface area contributed by atoms with E-state index >= 15 is 0 Å². The predicted molar refractivity (Wildman–Crippen MR) is 354 cm³/mol. The van der Waals surface area contributed by atoms with Gasteiger partial charge in [0.15, 0.2) is 23.3 Å². The van der Waals surface area contributed by atoms with Crippen molar-refractivity contribution in [2.75, 3.05) is 89.4 Å². The zero-order chi connectivity index (χ0) is 71.2. The molecule has 38 heteroatoms. The molecule has 8 heterocycles. The number of amides is 11. The number of nitrogens with one attached hydrogen (secondary N) is 11. The number of carboxylic acid groups (broad SMARTS) is 1. The predicted octanol–water partition coefficient (Wildman–Crippen LogP) is 0.660. The normalized spacial score (nSPS) is 11.0. The molecule has 0 saturated heterocycles. The minimum atomic E-state index is -1.38. The van der Waals surface area contributed by atoms with Crippen molar-refractivity contribution in [1.29, 1.82) is 0 Å². The molecular formula is C60H75N25O13. The van der Waals surface area contributed by atoms with E-state index in [4.69, 9.17) is 5.73 Å². The highest BCUT2D eigenvalue weighted by molar-refractivity contribution is 6.09. The Morgan fingerprint density at radius 1 is 0.398 bits per heavy atom. The molecule has 11 amide bonds. The fourth-order valence-corrected chi connectivity index (χ4v) is 9.81. The zero-order valence-electron chi connectivity index (χ0n) is 54.9. The molecule has 98 heavy (non-hydrogen) atoms. The SMILES string of the molecule is CN(C)CCCNC(=O)CNC(=O)Cn1cc(NC(=O)c2nc(NC(=O)c3cc(NC(=O)c4nc(NC(=O)CCCNC(=O)c5cc(NC(=O)c6nc(NC(=O)c7cc(NC(=O)c8nc(NC(=O)CCCN)cn8C)cn7C)cn6C)cn5C)cn4C)cn3C)cn2C)cc1C(=O)O. The maximum atomic E-state index is 13.5. The first kappa shape index (κ1) is 71.4. The number of aromatic nitrogens is 12. The van der Waals surface area contributed by atoms with Crippen molar-refractivity contribution in [2.24, 2.45) is 55.1 Å². The van der Waals surface area contributed by atoms with Crippen LogP contribution in [0.25, 0.3) is 0 Å². The highest BCUT2D eigenvalue weighted by Crippen LogP contribution is 2.22. The molecule has 0 aliphatic rings. The van der Waals surface area contributed by atoms with E-state index in [9.17, 15) is 62.6 Å². The van der Waals surface area contributed by atoms with Gasteiger partial charge in [0.2, 0.25) is 46.9 Å². The first-order chi connectivity index (χ1) is 46.5. The van der Waals surface area contributed by atoms with Crippen LogP contribution >= 0.6 is 0 Å². The number of imidazole rings is 4. The Morgan fingerprint density at radius 3 is 1.16 bits per heavy atom. The highest BCUT2D eigenvalue weighted by Gasteiger charge is 2.26. The van der Waals surface area contributed by atoms with E-state index in [1.165, 1.54) is 114 Å². The summed E-state index contributed by atoms with van der Waals surface area (Å²) in [5.74, 6) is -7.77. The van der Waals surface area contributed by atoms with Crippen LogP contribution < -0.4 is 64.2 Å². The third kappa shape index (κ3) is 18.7. The van der Waals surface area contributed by atoms with E-state index in [-0.39, 0.29) is 130 Å². The number of aromatic carboxylic acids is 1. The lowest BCUT2D eigenvalue weighted by Gasteiger charge is -2.10. The van der Waals surface area contributed by atoms with Crippen LogP contribution in [0.1, 0.15) is 117 Å². The molecule has 0 bridgehead atoms. The van der Waals surface area contributed by atoms with Crippen molar-refractivity contribution in [3.05, 3.63) is 120 Å². The molecule has 14 N–H and O–H groups in total. The van der Waals surface area contributed by atoms with Crippen LogP contribution in [-0.4, -0.2) is 184 Å². The average molecular weight is 1350 g/mol. The van der Waals surface area contributed by atoms with Crippen molar-refractivity contribution in [2.45, 2.75) is 38.6 Å². The molecule has 0 aliphatic carbocycles. The lowest BCUT2D eigenvalue weighted by molar-refractivity contribution is -0.126. The topological polar surface area (TPSA) is 478 Å². The van der Waals surface area contributed by atoms with Crippen molar-refractivity contribution in [1.82, 2.24) is 77.3 Å². The van der Waals surface area contributed by atoms with Gasteiger partial charge < -0.3 is 111 Å². The minimum absolute atomic E-state index is 0.00368. The molecule has 38 nitrogen and oxygen atoms in total. The van der Waals surface area contributed by atoms with Crippen LogP contribution in [0.3, 0.4) is 0 Å². The second-order valence-corrected chi connectivity index (χ2v) is 22.8. The van der Waals surface area contributed by atoms with Gasteiger partial charge in [-0.1, -0.05) is 0 Å². The third-order valence-corrected chi connectivity index (χ3v) is 14.5. The minimum Gasteiger partial charge on any atom is -0.477 e. The number of carbonyl (C=O) groups excluding carboxylic acids is 11. The van der Waals surface area contributed by atoms with Crippen LogP contribution in [0.5, 0.6) is 0 Å². The molecule has 8 rings (SSSR count). The summed E-state index contributed by atoms with van der Waals surface area (Å²) in [4.78, 5) is 174. The molecule has 8 aromatic heterocycles. The number of aryl methyl sites for hydroxylation is 7. The number of carbonyl (C=O) groups is 12. The summed E-state index contributed by atoms with van der Waals surface area (Å²) in [5, 5.41) is 38.8. The summed E-state index contributed by atoms with van der Waals surface area (Å²) < 4.78 is 11.0. The van der Waals surface area contributed by atoms with Crippen molar-refractivity contribution in [3.8, 4) is 0 Å². The molecule has 0 aliphatic heterocycles. The van der Waals surface area contributed by atoms with Crippen molar-refractivity contribution in [3.63, 3.8) is 0 Å². The van der Waals surface area contributed by atoms with Crippen LogP contribution in [0, 0.1) is 0 Å². The second-order valence-electron chi connectivity index (χ2n) is 22.8. The van der Waals surface area contributed by atoms with Gasteiger partial charge in [-0.2, -0.15) is 0 Å². The molecule has 0 fully saturated rings. The number of hydrogen-bond acceptors (Lipinski definition) is 18. The summed E-state index contributed by atoms with van der Waals surface area (Å²) in [7, 11) is 14.7. The molecule has 8 aromatic rings. The first-order valence-electron chi connectivity index (χ1n) is 30.2. The van der Waals surface area contributed by atoms with E-state index in [1.807, 2.05) is 19.0 Å². The Balaban J connectivity index is 0.752. The Labute approximate surface area is 558 Å². The van der Waals surface area contributed by atoms with Gasteiger partial charge >= 0.3 is 5.97 Å². The quantitative estimate of drug-likeness (QED) is 0.0265. The van der Waals surface area contributed by atoms with Crippen molar-refractivity contribution >= 4 is 117 Å². The summed E-state index contributed by atoms with van der Waals surface area (Å²) in [6.45, 7) is 0.815. The Hall–Kier alpha value is -12.5. The van der Waals surface area contributed by atoms with Gasteiger partial charge in [0, 0.05) is 125 Å². The fourth-order valence-electron chi connectivity index (χ4n) is 9.81. The Kier molecular flexibility index (Phi) is 23.0. The molecule has 0 unspecified atom stereocenters. The van der Waals surface area contributed by atoms with E-state index in [0.29, 0.717) is 25.9 Å². The van der Waals surface area contributed by atoms with Gasteiger partial charge in [-0.05, 0) is 70.7 Å². The molecule has 0 atom stereocenters. The van der Waals surface area contributed by atoms with Gasteiger partial charge in [0.1, 0.15) is 29.3 Å². The molecule has 0 radical (unpaired) electrons. The second kappa shape index (κ2) is 31.6. The van der Waals surface area contributed by atoms with Gasteiger partial charge in [0.05, 0.1) is 29.3 Å². The smallest absolute Gasteiger partial charge is 0.352 e. The maximum Gasteiger partial charge on any atom is 0.352 e. The first-order valence-corrected chi connectivity index (χ1v) is 30.2. The van der Waals surface area contributed by atoms with Crippen LogP contribution in [0.4, 0.5) is 46.0 Å². The largest absolute Gasteiger partial charge is 0.477 e. The van der Waals surface area contributed by atoms with Crippen molar-refractivity contribution < 1.29 is 62.6 Å². The Bertz CT molecular complexity index is 4390. The number of nitrogens with two attached hydrogens (primary N) is 1. The van der Waals surface area contributed by atoms with Gasteiger partial charge in [-0.3, -0.25) is 52.7 Å². The van der Waals surface area contributed by atoms with Crippen LogP contribution in [-0.2, 0) is 75.1 Å². The number of hydrogen-bond donors (Lipinski definition) is 13. The number of rotatable bonds is 31. The summed E-state index contributed by atoms with van der Waals surface area (Å²) >= 11 is 0. The molecule has 0 aromatic carbocycles. The number of nitrogens with zero attached hydrogens (tertiary/aromatic N) is 13. The van der Waals surface area contributed by atoms with Crippen LogP contribution in [0.15, 0.2) is 73.8 Å². The summed E-state index contributed by atoms with van der Waals surface area (Å²) in [6.07, 6.45) is 13.0. The number of anilines is 8. The molecule has 0 spiro atoms. The van der Waals surface area contributed by atoms with Crippen LogP contribution in [0.2, 0.25) is 0 Å². The van der Waals surface area contributed by atoms with E-state index in [1.54, 1.807) is 35.2 Å². The monoisotopic (exact) mass is 1350 g/mol. The average Bonchev–Trinajstić information content (AvgIpc) is 1.69. The molecule has 0 saturated carbocycles. The van der Waals surface area contributed by atoms with Gasteiger partial charge in [-0.15, -0.1) is 0 Å². The third-order valence-electron chi connectivity index (χ3n) is 14.5. The standard InChI is InChI=1S/C60H75N25O13/c1-77(2)18-12-17-62-47(88)23-64-48(89)32-85-27-36(22-40(85)60(97)98)68-59(96)52-74-44(31-84(52)9)76-55(92)39-21-35(26-80(39)5)67-57(94)50-72-42(29-82(50)7)70-46(87)14-11-16-63-53(90)37-19-33(24-78(37)3)65-58(95)51-73-43(30-83(51)8)75-54(91)38-20-34(25-79(38)4)66-56(93)49-71-41(28-81(49)6)69-45(86)13-10-15-61/h19-22,24-31H,10-18,23,32,61H2,1-9H3,(H,62,88)(H,63,90)(H,64,89)(H,65,95)(H,66,93)(H,67,94)(H,68,96)(H,69,86)(H,70,87)(H,75,91)(H,76,92)(H,97,98). The van der Waals surface area contributed by atoms with E-state index < -0.39 is 71.6 Å². The summed E-state index contributed by atoms with van der Waals surface area (Å²) in [5.41, 5.74) is 6.31. The molecule has 518 valence electrons. The molecular weight excluding hydrogens is 1280 g/mol. The number of carboxylic acids is 1. The van der Waals surface area contributed by atoms with Gasteiger partial charge in [0.25, 0.3) is 41.4 Å². The fraction of sp³-hybridized carbons (Fsp3) is 0.333. The Morgan fingerprint density at radius 2 is 0.765 bits per heavy atom.